The van der Waals surface area contributed by atoms with Crippen LogP contribution in [0.1, 0.15) is 22.8 Å². The Hall–Kier alpha value is -3.87. The molecule has 2 aromatic heterocycles. The summed E-state index contributed by atoms with van der Waals surface area (Å²) in [7, 11) is 0. The summed E-state index contributed by atoms with van der Waals surface area (Å²) in [5, 5.41) is 5.57. The molecule has 0 radical (unpaired) electrons. The van der Waals surface area contributed by atoms with Crippen molar-refractivity contribution in [1.29, 1.82) is 0 Å². The zero-order chi connectivity index (χ0) is 19.3. The third-order valence-corrected chi connectivity index (χ3v) is 4.20. The number of aryl methyl sites for hydroxylation is 1. The van der Waals surface area contributed by atoms with Gasteiger partial charge in [0.15, 0.2) is 5.76 Å². The van der Waals surface area contributed by atoms with Crippen molar-refractivity contribution < 1.29 is 14.0 Å². The number of aromatic amines is 1. The first kappa shape index (κ1) is 17.5. The van der Waals surface area contributed by atoms with Gasteiger partial charge in [0.05, 0.1) is 17.3 Å². The van der Waals surface area contributed by atoms with Crippen LogP contribution in [0.15, 0.2) is 71.3 Å². The van der Waals surface area contributed by atoms with Gasteiger partial charge in [0.1, 0.15) is 5.82 Å². The van der Waals surface area contributed by atoms with Crippen molar-refractivity contribution in [3.63, 3.8) is 0 Å². The molecule has 7 nitrogen and oxygen atoms in total. The lowest BCUT2D eigenvalue weighted by Gasteiger charge is -2.07. The van der Waals surface area contributed by atoms with Gasteiger partial charge in [-0.25, -0.2) is 4.98 Å². The number of hydrogen-bond donors (Lipinski definition) is 3. The summed E-state index contributed by atoms with van der Waals surface area (Å²) in [6, 6.07) is 17.9. The molecule has 0 atom stereocenters. The van der Waals surface area contributed by atoms with E-state index in [2.05, 4.69) is 20.6 Å². The second-order valence-electron chi connectivity index (χ2n) is 6.26. The van der Waals surface area contributed by atoms with Gasteiger partial charge in [-0.1, -0.05) is 12.1 Å². The minimum atomic E-state index is -0.326. The van der Waals surface area contributed by atoms with E-state index in [0.717, 1.165) is 16.9 Å². The Morgan fingerprint density at radius 1 is 0.929 bits per heavy atom. The van der Waals surface area contributed by atoms with Gasteiger partial charge in [-0.05, 0) is 48.5 Å². The summed E-state index contributed by atoms with van der Waals surface area (Å²) >= 11 is 0. The van der Waals surface area contributed by atoms with Crippen LogP contribution in [-0.2, 0) is 11.2 Å². The lowest BCUT2D eigenvalue weighted by atomic mass is 10.2. The third-order valence-electron chi connectivity index (χ3n) is 4.20. The predicted molar refractivity (Wildman–Crippen MR) is 106 cm³/mol. The van der Waals surface area contributed by atoms with E-state index >= 15 is 0 Å². The molecular formula is C21H18N4O3. The first-order valence-electron chi connectivity index (χ1n) is 8.86. The quantitative estimate of drug-likeness (QED) is 0.475. The van der Waals surface area contributed by atoms with Gasteiger partial charge in [-0.3, -0.25) is 9.59 Å². The van der Waals surface area contributed by atoms with Gasteiger partial charge in [0, 0.05) is 24.2 Å². The van der Waals surface area contributed by atoms with E-state index in [0.29, 0.717) is 24.2 Å². The highest BCUT2D eigenvalue weighted by Crippen LogP contribution is 2.16. The fourth-order valence-corrected chi connectivity index (χ4v) is 2.82. The van der Waals surface area contributed by atoms with Crippen LogP contribution in [0.2, 0.25) is 0 Å². The third kappa shape index (κ3) is 4.09. The molecule has 2 amide bonds. The second-order valence-corrected chi connectivity index (χ2v) is 6.26. The number of amides is 2. The van der Waals surface area contributed by atoms with Crippen molar-refractivity contribution in [2.45, 2.75) is 12.8 Å². The number of benzene rings is 2. The molecule has 28 heavy (non-hydrogen) atoms. The molecule has 3 N–H and O–H groups in total. The summed E-state index contributed by atoms with van der Waals surface area (Å²) < 4.78 is 5.05. The van der Waals surface area contributed by atoms with Crippen LogP contribution < -0.4 is 10.6 Å². The smallest absolute Gasteiger partial charge is 0.291 e. The number of furan rings is 1. The average molecular weight is 374 g/mol. The monoisotopic (exact) mass is 374 g/mol. The zero-order valence-electron chi connectivity index (χ0n) is 14.9. The molecule has 2 heterocycles. The van der Waals surface area contributed by atoms with Crippen molar-refractivity contribution in [3.05, 3.63) is 78.5 Å². The van der Waals surface area contributed by atoms with Crippen molar-refractivity contribution in [3.8, 4) is 0 Å². The molecule has 0 bridgehead atoms. The first-order valence-corrected chi connectivity index (χ1v) is 8.86. The molecule has 0 spiro atoms. The normalized spacial score (nSPS) is 10.7. The van der Waals surface area contributed by atoms with E-state index in [1.54, 1.807) is 36.4 Å². The molecule has 0 aliphatic rings. The van der Waals surface area contributed by atoms with Crippen LogP contribution in [0.3, 0.4) is 0 Å². The van der Waals surface area contributed by atoms with Crippen LogP contribution >= 0.6 is 0 Å². The number of H-pyrrole nitrogens is 1. The number of para-hydroxylation sites is 2. The van der Waals surface area contributed by atoms with Gasteiger partial charge < -0.3 is 20.0 Å². The molecule has 2 aromatic carbocycles. The van der Waals surface area contributed by atoms with Gasteiger partial charge in [0.25, 0.3) is 5.91 Å². The number of rotatable bonds is 6. The van der Waals surface area contributed by atoms with Gasteiger partial charge in [0.2, 0.25) is 5.91 Å². The van der Waals surface area contributed by atoms with Crippen molar-refractivity contribution in [2.24, 2.45) is 0 Å². The number of nitrogens with one attached hydrogen (secondary N) is 3. The highest BCUT2D eigenvalue weighted by atomic mass is 16.3. The number of carbonyl (C=O) groups excluding carboxylic acids is 2. The Balaban J connectivity index is 1.30. The van der Waals surface area contributed by atoms with E-state index in [1.807, 2.05) is 24.3 Å². The van der Waals surface area contributed by atoms with E-state index in [4.69, 9.17) is 4.42 Å². The highest BCUT2D eigenvalue weighted by molar-refractivity contribution is 6.02. The Labute approximate surface area is 160 Å². The summed E-state index contributed by atoms with van der Waals surface area (Å²) in [5.41, 5.74) is 3.13. The molecule has 4 rings (SSSR count). The number of nitrogens with zero attached hydrogens (tertiary/aromatic N) is 1. The Morgan fingerprint density at radius 3 is 2.39 bits per heavy atom. The van der Waals surface area contributed by atoms with Crippen LogP contribution in [0.4, 0.5) is 11.4 Å². The summed E-state index contributed by atoms with van der Waals surface area (Å²) in [4.78, 5) is 31.8. The highest BCUT2D eigenvalue weighted by Gasteiger charge is 2.09. The first-order chi connectivity index (χ1) is 13.7. The Bertz CT molecular complexity index is 1070. The lowest BCUT2D eigenvalue weighted by molar-refractivity contribution is -0.116. The Kier molecular flexibility index (Phi) is 4.88. The molecule has 140 valence electrons. The molecule has 7 heteroatoms. The fraction of sp³-hybridized carbons (Fsp3) is 0.0952. The van der Waals surface area contributed by atoms with Crippen LogP contribution in [-0.4, -0.2) is 21.8 Å². The van der Waals surface area contributed by atoms with E-state index < -0.39 is 0 Å². The summed E-state index contributed by atoms with van der Waals surface area (Å²) in [5.74, 6) is 0.593. The van der Waals surface area contributed by atoms with E-state index in [9.17, 15) is 9.59 Å². The number of fused-ring (bicyclic) bond motifs is 1. The molecule has 4 aromatic rings. The van der Waals surface area contributed by atoms with Gasteiger partial charge in [-0.15, -0.1) is 0 Å². The van der Waals surface area contributed by atoms with Crippen LogP contribution in [0.25, 0.3) is 11.0 Å². The number of imidazole rings is 1. The maximum Gasteiger partial charge on any atom is 0.291 e. The maximum atomic E-state index is 12.2. The van der Waals surface area contributed by atoms with Crippen molar-refractivity contribution in [2.75, 3.05) is 10.6 Å². The number of carbonyl (C=O) groups is 2. The number of anilines is 2. The lowest BCUT2D eigenvalue weighted by Crippen LogP contribution is -2.13. The Morgan fingerprint density at radius 2 is 1.68 bits per heavy atom. The SMILES string of the molecule is O=C(CCc1nc2ccccc2[nH]1)Nc1ccc(NC(=O)c2ccco2)cc1. The molecule has 0 fully saturated rings. The molecular weight excluding hydrogens is 356 g/mol. The summed E-state index contributed by atoms with van der Waals surface area (Å²) in [6.45, 7) is 0. The topological polar surface area (TPSA) is 100 Å². The molecule has 0 saturated carbocycles. The number of hydrogen-bond acceptors (Lipinski definition) is 4. The predicted octanol–water partition coefficient (Wildman–Crippen LogP) is 3.98. The maximum absolute atomic E-state index is 12.2. The van der Waals surface area contributed by atoms with Crippen molar-refractivity contribution in [1.82, 2.24) is 9.97 Å². The largest absolute Gasteiger partial charge is 0.459 e. The fourth-order valence-electron chi connectivity index (χ4n) is 2.82. The minimum absolute atomic E-state index is 0.104. The number of aromatic nitrogens is 2. The summed E-state index contributed by atoms with van der Waals surface area (Å²) in [6.07, 6.45) is 2.29. The van der Waals surface area contributed by atoms with Gasteiger partial charge >= 0.3 is 0 Å². The molecule has 0 unspecified atom stereocenters. The van der Waals surface area contributed by atoms with E-state index in [1.165, 1.54) is 6.26 Å². The standard InChI is InChI=1S/C21H18N4O3/c26-20(12-11-19-24-16-4-1-2-5-17(16)25-19)22-14-7-9-15(10-8-14)23-21(27)18-6-3-13-28-18/h1-10,13H,11-12H2,(H,22,26)(H,23,27)(H,24,25). The van der Waals surface area contributed by atoms with Crippen molar-refractivity contribution >= 4 is 34.2 Å². The average Bonchev–Trinajstić information content (AvgIpc) is 3.37. The second kappa shape index (κ2) is 7.79. The molecule has 0 saturated heterocycles. The zero-order valence-corrected chi connectivity index (χ0v) is 14.9. The molecule has 0 aliphatic carbocycles. The molecule has 0 aliphatic heterocycles. The van der Waals surface area contributed by atoms with Crippen LogP contribution in [0, 0.1) is 0 Å². The van der Waals surface area contributed by atoms with E-state index in [-0.39, 0.29) is 17.6 Å². The van der Waals surface area contributed by atoms with Crippen LogP contribution in [0.5, 0.6) is 0 Å². The minimum Gasteiger partial charge on any atom is -0.459 e. The van der Waals surface area contributed by atoms with Gasteiger partial charge in [-0.2, -0.15) is 0 Å².